The molecule has 0 spiro atoms. The first-order valence-electron chi connectivity index (χ1n) is 6.85. The van der Waals surface area contributed by atoms with Crippen molar-refractivity contribution in [1.82, 2.24) is 0 Å². The molecule has 0 amide bonds. The average molecular weight is 389 g/mol. The minimum Gasteiger partial charge on any atom is -0.282 e. The van der Waals surface area contributed by atoms with E-state index in [-0.39, 0.29) is 21.3 Å². The Hall–Kier alpha value is -1.77. The van der Waals surface area contributed by atoms with Gasteiger partial charge in [-0.3, -0.25) is 9.44 Å². The monoisotopic (exact) mass is 388 g/mol. The van der Waals surface area contributed by atoms with Crippen LogP contribution in [0, 0.1) is 13.8 Å². The second-order valence-electron chi connectivity index (χ2n) is 5.44. The van der Waals surface area contributed by atoms with Crippen LogP contribution in [0.25, 0.3) is 0 Å². The first-order valence-corrected chi connectivity index (χ1v) is 10.6. The maximum atomic E-state index is 12.5. The number of hydrogen-bond donors (Lipinski definition) is 2. The molecule has 2 aromatic carbocycles. The van der Waals surface area contributed by atoms with Gasteiger partial charge < -0.3 is 0 Å². The number of aryl methyl sites for hydroxylation is 2. The van der Waals surface area contributed by atoms with E-state index in [1.165, 1.54) is 18.2 Å². The smallest absolute Gasteiger partial charge is 0.262 e. The van der Waals surface area contributed by atoms with Gasteiger partial charge in [-0.1, -0.05) is 23.7 Å². The van der Waals surface area contributed by atoms with Crippen molar-refractivity contribution in [2.75, 3.05) is 15.7 Å². The van der Waals surface area contributed by atoms with E-state index in [1.54, 1.807) is 26.0 Å². The summed E-state index contributed by atoms with van der Waals surface area (Å²) in [7, 11) is -7.25. The highest BCUT2D eigenvalue weighted by Gasteiger charge is 2.18. The van der Waals surface area contributed by atoms with Crippen LogP contribution in [-0.2, 0) is 20.0 Å². The van der Waals surface area contributed by atoms with Crippen molar-refractivity contribution in [3.8, 4) is 0 Å². The van der Waals surface area contributed by atoms with Crippen LogP contribution in [0.1, 0.15) is 11.1 Å². The van der Waals surface area contributed by atoms with Crippen molar-refractivity contribution < 1.29 is 16.8 Å². The Labute approximate surface area is 147 Å². The normalized spacial score (nSPS) is 12.0. The number of anilines is 2. The fraction of sp³-hybridized carbons (Fsp3) is 0.200. The van der Waals surface area contributed by atoms with Gasteiger partial charge in [-0.25, -0.2) is 16.8 Å². The van der Waals surface area contributed by atoms with Gasteiger partial charge in [-0.2, -0.15) is 0 Å². The summed E-state index contributed by atoms with van der Waals surface area (Å²) < 4.78 is 52.2. The third kappa shape index (κ3) is 4.62. The summed E-state index contributed by atoms with van der Waals surface area (Å²) in [5, 5.41) is 0.0848. The Morgan fingerprint density at radius 1 is 0.917 bits per heavy atom. The summed E-state index contributed by atoms with van der Waals surface area (Å²) in [4.78, 5) is 0.178. The van der Waals surface area contributed by atoms with Gasteiger partial charge in [0, 0.05) is 0 Å². The maximum absolute atomic E-state index is 12.5. The summed E-state index contributed by atoms with van der Waals surface area (Å²) in [6, 6.07) is 9.32. The van der Waals surface area contributed by atoms with E-state index in [0.29, 0.717) is 5.56 Å². The summed E-state index contributed by atoms with van der Waals surface area (Å²) in [6.07, 6.45) is 1.00. The number of hydrogen-bond acceptors (Lipinski definition) is 4. The molecule has 0 atom stereocenters. The highest BCUT2D eigenvalue weighted by atomic mass is 35.5. The Morgan fingerprint density at radius 3 is 2.17 bits per heavy atom. The third-order valence-corrected chi connectivity index (χ3v) is 5.58. The molecule has 24 heavy (non-hydrogen) atoms. The van der Waals surface area contributed by atoms with Gasteiger partial charge in [0.25, 0.3) is 10.0 Å². The topological polar surface area (TPSA) is 92.3 Å². The highest BCUT2D eigenvalue weighted by Crippen LogP contribution is 2.28. The van der Waals surface area contributed by atoms with Crippen molar-refractivity contribution in [2.45, 2.75) is 18.7 Å². The fourth-order valence-corrected chi connectivity index (χ4v) is 4.31. The molecule has 0 saturated heterocycles. The van der Waals surface area contributed by atoms with Gasteiger partial charge in [-0.15, -0.1) is 0 Å². The number of rotatable bonds is 5. The van der Waals surface area contributed by atoms with Crippen LogP contribution in [-0.4, -0.2) is 23.1 Å². The molecule has 2 rings (SSSR count). The molecule has 6 nitrogen and oxygen atoms in total. The molecular weight excluding hydrogens is 372 g/mol. The highest BCUT2D eigenvalue weighted by molar-refractivity contribution is 7.92. The molecule has 9 heteroatoms. The molecule has 0 bridgehead atoms. The molecule has 0 radical (unpaired) electrons. The van der Waals surface area contributed by atoms with Crippen LogP contribution >= 0.6 is 11.6 Å². The first kappa shape index (κ1) is 18.6. The molecule has 2 N–H and O–H groups in total. The number of sulfonamides is 2. The lowest BCUT2D eigenvalue weighted by molar-refractivity contribution is 0.600. The minimum absolute atomic E-state index is 0.0848. The lowest BCUT2D eigenvalue weighted by Crippen LogP contribution is -2.15. The SMILES string of the molecule is Cc1ccc(C)c(S(=O)(=O)Nc2ccc(NS(C)(=O)=O)c(Cl)c2)c1. The van der Waals surface area contributed by atoms with Gasteiger partial charge in [0.15, 0.2) is 0 Å². The van der Waals surface area contributed by atoms with Gasteiger partial charge in [0.2, 0.25) is 10.0 Å². The Bertz CT molecular complexity index is 987. The van der Waals surface area contributed by atoms with Crippen molar-refractivity contribution in [3.63, 3.8) is 0 Å². The Kier molecular flexibility index (Phi) is 5.12. The average Bonchev–Trinajstić information content (AvgIpc) is 2.43. The van der Waals surface area contributed by atoms with Crippen LogP contribution < -0.4 is 9.44 Å². The van der Waals surface area contributed by atoms with Crippen LogP contribution in [0.4, 0.5) is 11.4 Å². The first-order chi connectivity index (χ1) is 11.0. The molecule has 0 saturated carbocycles. The molecule has 0 aliphatic heterocycles. The lowest BCUT2D eigenvalue weighted by Gasteiger charge is -2.13. The van der Waals surface area contributed by atoms with E-state index in [2.05, 4.69) is 9.44 Å². The van der Waals surface area contributed by atoms with E-state index in [9.17, 15) is 16.8 Å². The zero-order valence-corrected chi connectivity index (χ0v) is 15.7. The predicted molar refractivity (Wildman–Crippen MR) is 96.6 cm³/mol. The second-order valence-corrected chi connectivity index (χ2v) is 9.25. The molecule has 0 aliphatic carbocycles. The zero-order chi connectivity index (χ0) is 18.1. The second kappa shape index (κ2) is 6.62. The van der Waals surface area contributed by atoms with Crippen molar-refractivity contribution >= 4 is 43.0 Å². The molecule has 0 unspecified atom stereocenters. The molecule has 0 fully saturated rings. The third-order valence-electron chi connectivity index (χ3n) is 3.15. The Morgan fingerprint density at radius 2 is 1.58 bits per heavy atom. The molecular formula is C15H17ClN2O4S2. The van der Waals surface area contributed by atoms with E-state index in [4.69, 9.17) is 11.6 Å². The van der Waals surface area contributed by atoms with Crippen LogP contribution in [0.2, 0.25) is 5.02 Å². The molecule has 0 aromatic heterocycles. The van der Waals surface area contributed by atoms with Crippen molar-refractivity contribution in [1.29, 1.82) is 0 Å². The quantitative estimate of drug-likeness (QED) is 0.822. The van der Waals surface area contributed by atoms with Crippen LogP contribution in [0.3, 0.4) is 0 Å². The molecule has 2 aromatic rings. The van der Waals surface area contributed by atoms with Gasteiger partial charge in [0.1, 0.15) is 0 Å². The number of nitrogens with one attached hydrogen (secondary N) is 2. The lowest BCUT2D eigenvalue weighted by atomic mass is 10.2. The van der Waals surface area contributed by atoms with Crippen LogP contribution in [0.15, 0.2) is 41.3 Å². The van der Waals surface area contributed by atoms with Gasteiger partial charge in [-0.05, 0) is 49.2 Å². The number of halogens is 1. The Balaban J connectivity index is 2.34. The van der Waals surface area contributed by atoms with E-state index in [0.717, 1.165) is 11.8 Å². The summed E-state index contributed by atoms with van der Waals surface area (Å²) in [6.45, 7) is 3.51. The summed E-state index contributed by atoms with van der Waals surface area (Å²) >= 11 is 6.01. The standard InChI is InChI=1S/C15H17ClN2O4S2/c1-10-4-5-11(2)15(8-10)24(21,22)17-12-6-7-14(13(16)9-12)18-23(3,19)20/h4-9,17-18H,1-3H3. The predicted octanol–water partition coefficient (Wildman–Crippen LogP) is 3.13. The molecule has 0 heterocycles. The number of benzene rings is 2. The van der Waals surface area contributed by atoms with E-state index >= 15 is 0 Å². The zero-order valence-electron chi connectivity index (χ0n) is 13.3. The van der Waals surface area contributed by atoms with Crippen molar-refractivity contribution in [3.05, 3.63) is 52.5 Å². The van der Waals surface area contributed by atoms with Crippen LogP contribution in [0.5, 0.6) is 0 Å². The van der Waals surface area contributed by atoms with Gasteiger partial charge in [0.05, 0.1) is 27.5 Å². The largest absolute Gasteiger partial charge is 0.282 e. The molecule has 0 aliphatic rings. The van der Waals surface area contributed by atoms with Crippen molar-refractivity contribution in [2.24, 2.45) is 0 Å². The summed E-state index contributed by atoms with van der Waals surface area (Å²) in [5.41, 5.74) is 1.86. The van der Waals surface area contributed by atoms with E-state index < -0.39 is 20.0 Å². The van der Waals surface area contributed by atoms with Gasteiger partial charge >= 0.3 is 0 Å². The fourth-order valence-electron chi connectivity index (χ4n) is 2.07. The maximum Gasteiger partial charge on any atom is 0.262 e. The molecule has 130 valence electrons. The van der Waals surface area contributed by atoms with E-state index in [1.807, 2.05) is 6.07 Å². The summed E-state index contributed by atoms with van der Waals surface area (Å²) in [5.74, 6) is 0. The minimum atomic E-state index is -3.78.